The van der Waals surface area contributed by atoms with Crippen molar-refractivity contribution in [2.24, 2.45) is 0 Å². The van der Waals surface area contributed by atoms with Gasteiger partial charge in [-0.3, -0.25) is 0 Å². The van der Waals surface area contributed by atoms with Gasteiger partial charge in [-0.15, -0.1) is 0 Å². The first-order chi connectivity index (χ1) is 7.17. The van der Waals surface area contributed by atoms with Gasteiger partial charge in [-0.05, 0) is 23.8 Å². The normalized spacial score (nSPS) is 9.47. The minimum absolute atomic E-state index is 0.241. The highest BCUT2D eigenvalue weighted by Gasteiger charge is 2.00. The zero-order valence-electron chi connectivity index (χ0n) is 7.64. The molecule has 0 saturated carbocycles. The predicted octanol–water partition coefficient (Wildman–Crippen LogP) is 1.53. The van der Waals surface area contributed by atoms with Crippen LogP contribution in [0.3, 0.4) is 0 Å². The van der Waals surface area contributed by atoms with Gasteiger partial charge in [-0.2, -0.15) is 10.5 Å². The van der Waals surface area contributed by atoms with E-state index in [4.69, 9.17) is 15.6 Å². The molecule has 1 rings (SSSR count). The first-order valence-corrected chi connectivity index (χ1v) is 4.02. The van der Waals surface area contributed by atoms with Crippen molar-refractivity contribution in [3.05, 3.63) is 41.0 Å². The highest BCUT2D eigenvalue weighted by atomic mass is 16.4. The highest BCUT2D eigenvalue weighted by molar-refractivity contribution is 5.85. The van der Waals surface area contributed by atoms with Crippen molar-refractivity contribution in [3.8, 4) is 12.1 Å². The molecule has 1 aromatic rings. The number of carboxylic acid groups (broad SMARTS) is 1. The lowest BCUT2D eigenvalue weighted by Gasteiger charge is -1.96. The Morgan fingerprint density at radius 2 is 1.93 bits per heavy atom. The maximum absolute atomic E-state index is 10.2. The number of hydrogen-bond donors (Lipinski definition) is 1. The van der Waals surface area contributed by atoms with Crippen LogP contribution in [0.4, 0.5) is 0 Å². The Hall–Kier alpha value is -2.59. The molecule has 72 valence electrons. The summed E-state index contributed by atoms with van der Waals surface area (Å²) in [5.74, 6) is -1.06. The van der Waals surface area contributed by atoms with Gasteiger partial charge in [0.05, 0.1) is 11.1 Å². The van der Waals surface area contributed by atoms with Gasteiger partial charge < -0.3 is 5.11 Å². The Kier molecular flexibility index (Phi) is 3.21. The Balaban J connectivity index is 3.12. The smallest absolute Gasteiger partial charge is 0.328 e. The van der Waals surface area contributed by atoms with E-state index in [1.807, 2.05) is 12.1 Å². The summed E-state index contributed by atoms with van der Waals surface area (Å²) in [7, 11) is 0. The van der Waals surface area contributed by atoms with Crippen molar-refractivity contribution < 1.29 is 9.90 Å². The van der Waals surface area contributed by atoms with Crippen LogP contribution in [0.1, 0.15) is 16.7 Å². The molecule has 0 fully saturated rings. The van der Waals surface area contributed by atoms with Crippen LogP contribution in [0.15, 0.2) is 24.3 Å². The molecule has 0 saturated heterocycles. The summed E-state index contributed by atoms with van der Waals surface area (Å²) in [5.41, 5.74) is 1.10. The molecule has 1 N–H and O–H groups in total. The van der Waals surface area contributed by atoms with E-state index in [1.54, 1.807) is 6.07 Å². The number of carbonyl (C=O) groups is 1. The first kappa shape index (κ1) is 10.5. The van der Waals surface area contributed by atoms with Crippen LogP contribution in [0.25, 0.3) is 6.08 Å². The third kappa shape index (κ3) is 2.68. The Morgan fingerprint density at radius 1 is 1.27 bits per heavy atom. The maximum Gasteiger partial charge on any atom is 0.328 e. The molecule has 0 amide bonds. The molecule has 0 aliphatic carbocycles. The van der Waals surface area contributed by atoms with Crippen LogP contribution < -0.4 is 0 Å². The molecule has 0 bridgehead atoms. The second kappa shape index (κ2) is 4.59. The standard InChI is InChI=1S/C11H6N2O2/c12-6-9-3-1-8(2-4-11(14)15)5-10(9)7-13/h1-5H,(H,14,15)/b4-2+. The number of nitriles is 2. The molecule has 0 aromatic heterocycles. The van der Waals surface area contributed by atoms with E-state index in [0.717, 1.165) is 6.08 Å². The van der Waals surface area contributed by atoms with Crippen LogP contribution in [-0.4, -0.2) is 11.1 Å². The lowest BCUT2D eigenvalue weighted by molar-refractivity contribution is -0.131. The molecule has 0 unspecified atom stereocenters. The average molecular weight is 198 g/mol. The molecule has 0 heterocycles. The van der Waals surface area contributed by atoms with E-state index in [-0.39, 0.29) is 11.1 Å². The quantitative estimate of drug-likeness (QED) is 0.730. The number of benzene rings is 1. The van der Waals surface area contributed by atoms with Crippen molar-refractivity contribution in [2.45, 2.75) is 0 Å². The lowest BCUT2D eigenvalue weighted by atomic mass is 10.1. The molecule has 0 radical (unpaired) electrons. The summed E-state index contributed by atoms with van der Waals surface area (Å²) >= 11 is 0. The average Bonchev–Trinajstić information content (AvgIpc) is 2.25. The van der Waals surface area contributed by atoms with Crippen LogP contribution in [-0.2, 0) is 4.79 Å². The summed E-state index contributed by atoms with van der Waals surface area (Å²) in [6.07, 6.45) is 2.34. The van der Waals surface area contributed by atoms with Crippen molar-refractivity contribution in [1.29, 1.82) is 10.5 Å². The van der Waals surface area contributed by atoms with Crippen molar-refractivity contribution in [2.75, 3.05) is 0 Å². The summed E-state index contributed by atoms with van der Waals surface area (Å²) in [4.78, 5) is 10.2. The fourth-order valence-electron chi connectivity index (χ4n) is 1.02. The molecule has 0 spiro atoms. The number of aliphatic carboxylic acids is 1. The van der Waals surface area contributed by atoms with Gasteiger partial charge in [0.25, 0.3) is 0 Å². The molecule has 4 heteroatoms. The third-order valence-electron chi connectivity index (χ3n) is 1.70. The van der Waals surface area contributed by atoms with E-state index in [1.165, 1.54) is 18.2 Å². The predicted molar refractivity (Wildman–Crippen MR) is 52.5 cm³/mol. The summed E-state index contributed by atoms with van der Waals surface area (Å²) < 4.78 is 0. The molecular weight excluding hydrogens is 192 g/mol. The van der Waals surface area contributed by atoms with E-state index < -0.39 is 5.97 Å². The molecular formula is C11H6N2O2. The van der Waals surface area contributed by atoms with Gasteiger partial charge in [0.1, 0.15) is 12.1 Å². The molecule has 0 aliphatic rings. The minimum atomic E-state index is -1.06. The number of carboxylic acids is 1. The monoisotopic (exact) mass is 198 g/mol. The second-order valence-corrected chi connectivity index (χ2v) is 2.70. The molecule has 1 aromatic carbocycles. The molecule has 0 aliphatic heterocycles. The first-order valence-electron chi connectivity index (χ1n) is 4.02. The molecule has 4 nitrogen and oxygen atoms in total. The van der Waals surface area contributed by atoms with Crippen molar-refractivity contribution in [1.82, 2.24) is 0 Å². The zero-order valence-corrected chi connectivity index (χ0v) is 7.64. The summed E-state index contributed by atoms with van der Waals surface area (Å²) in [6, 6.07) is 8.28. The van der Waals surface area contributed by atoms with Crippen LogP contribution in [0.2, 0.25) is 0 Å². The zero-order chi connectivity index (χ0) is 11.3. The highest BCUT2D eigenvalue weighted by Crippen LogP contribution is 2.11. The Morgan fingerprint density at radius 3 is 2.47 bits per heavy atom. The van der Waals surface area contributed by atoms with Crippen LogP contribution >= 0.6 is 0 Å². The van der Waals surface area contributed by atoms with Gasteiger partial charge in [-0.1, -0.05) is 6.07 Å². The Bertz CT molecular complexity index is 504. The fourth-order valence-corrected chi connectivity index (χ4v) is 1.02. The van der Waals surface area contributed by atoms with Crippen molar-refractivity contribution >= 4 is 12.0 Å². The van der Waals surface area contributed by atoms with Gasteiger partial charge >= 0.3 is 5.97 Å². The van der Waals surface area contributed by atoms with Crippen molar-refractivity contribution in [3.63, 3.8) is 0 Å². The number of hydrogen-bond acceptors (Lipinski definition) is 3. The molecule has 15 heavy (non-hydrogen) atoms. The largest absolute Gasteiger partial charge is 0.478 e. The van der Waals surface area contributed by atoms with Gasteiger partial charge in [0.15, 0.2) is 0 Å². The topological polar surface area (TPSA) is 84.9 Å². The number of nitrogens with zero attached hydrogens (tertiary/aromatic N) is 2. The SMILES string of the molecule is N#Cc1ccc(/C=C/C(=O)O)cc1C#N. The second-order valence-electron chi connectivity index (χ2n) is 2.70. The minimum Gasteiger partial charge on any atom is -0.478 e. The van der Waals surface area contributed by atoms with Crippen LogP contribution in [0.5, 0.6) is 0 Å². The lowest BCUT2D eigenvalue weighted by Crippen LogP contribution is -1.87. The van der Waals surface area contributed by atoms with E-state index in [0.29, 0.717) is 5.56 Å². The fraction of sp³-hybridized carbons (Fsp3) is 0. The molecule has 0 atom stereocenters. The summed E-state index contributed by atoms with van der Waals surface area (Å²) in [6.45, 7) is 0. The van der Waals surface area contributed by atoms with E-state index >= 15 is 0 Å². The van der Waals surface area contributed by atoms with Gasteiger partial charge in [0.2, 0.25) is 0 Å². The Labute approximate surface area is 86.3 Å². The maximum atomic E-state index is 10.2. The van der Waals surface area contributed by atoms with Gasteiger partial charge in [-0.25, -0.2) is 4.79 Å². The van der Waals surface area contributed by atoms with E-state index in [9.17, 15) is 4.79 Å². The van der Waals surface area contributed by atoms with Crippen LogP contribution in [0, 0.1) is 22.7 Å². The summed E-state index contributed by atoms with van der Waals surface area (Å²) in [5, 5.41) is 25.8. The van der Waals surface area contributed by atoms with Gasteiger partial charge in [0, 0.05) is 6.08 Å². The van der Waals surface area contributed by atoms with E-state index in [2.05, 4.69) is 0 Å². The third-order valence-corrected chi connectivity index (χ3v) is 1.70. The number of rotatable bonds is 2.